The minimum atomic E-state index is -0.238. The van der Waals surface area contributed by atoms with Crippen LogP contribution < -0.4 is 10.2 Å². The molecule has 1 aliphatic rings. The van der Waals surface area contributed by atoms with Gasteiger partial charge >= 0.3 is 0 Å². The summed E-state index contributed by atoms with van der Waals surface area (Å²) in [6.45, 7) is 2.66. The molecule has 0 radical (unpaired) electrons. The first-order valence-electron chi connectivity index (χ1n) is 9.21. The van der Waals surface area contributed by atoms with E-state index >= 15 is 0 Å². The maximum absolute atomic E-state index is 13.9. The Balaban J connectivity index is 1.38. The molecule has 1 fully saturated rings. The molecule has 2 amide bonds. The molecular weight excluding hydrogens is 345 g/mol. The zero-order chi connectivity index (χ0) is 19.1. The Labute approximate surface area is 158 Å². The van der Waals surface area contributed by atoms with Crippen molar-refractivity contribution in [1.29, 1.82) is 0 Å². The Kier molecular flexibility index (Phi) is 6.41. The molecule has 0 aromatic heterocycles. The van der Waals surface area contributed by atoms with Crippen LogP contribution in [0.4, 0.5) is 10.1 Å². The first-order chi connectivity index (χ1) is 13.1. The molecule has 6 heteroatoms. The molecule has 0 aliphatic carbocycles. The van der Waals surface area contributed by atoms with E-state index in [4.69, 9.17) is 0 Å². The highest BCUT2D eigenvalue weighted by Gasteiger charge is 2.22. The number of piperazine rings is 1. The van der Waals surface area contributed by atoms with E-state index in [1.165, 1.54) is 6.07 Å². The summed E-state index contributed by atoms with van der Waals surface area (Å²) in [5.74, 6) is -0.306. The molecule has 142 valence electrons. The predicted molar refractivity (Wildman–Crippen MR) is 103 cm³/mol. The van der Waals surface area contributed by atoms with E-state index in [1.54, 1.807) is 17.0 Å². The Bertz CT molecular complexity index is 774. The van der Waals surface area contributed by atoms with Gasteiger partial charge in [-0.25, -0.2) is 4.39 Å². The van der Waals surface area contributed by atoms with Crippen molar-refractivity contribution in [2.75, 3.05) is 37.6 Å². The van der Waals surface area contributed by atoms with Gasteiger partial charge in [-0.05, 0) is 17.7 Å². The number of nitrogens with zero attached hydrogens (tertiary/aromatic N) is 2. The van der Waals surface area contributed by atoms with Crippen LogP contribution in [-0.2, 0) is 16.0 Å². The van der Waals surface area contributed by atoms with E-state index in [2.05, 4.69) is 5.32 Å². The number of hydrogen-bond acceptors (Lipinski definition) is 3. The maximum Gasteiger partial charge on any atom is 0.224 e. The molecule has 3 rings (SSSR count). The summed E-state index contributed by atoms with van der Waals surface area (Å²) in [6, 6.07) is 16.2. The number of para-hydroxylation sites is 1. The van der Waals surface area contributed by atoms with E-state index in [0.717, 1.165) is 5.56 Å². The van der Waals surface area contributed by atoms with Crippen LogP contribution in [0.15, 0.2) is 54.6 Å². The number of hydrogen-bond donors (Lipinski definition) is 1. The van der Waals surface area contributed by atoms with Gasteiger partial charge in [-0.3, -0.25) is 9.59 Å². The number of benzene rings is 2. The van der Waals surface area contributed by atoms with Crippen LogP contribution in [0.3, 0.4) is 0 Å². The summed E-state index contributed by atoms with van der Waals surface area (Å²) in [5, 5.41) is 2.80. The van der Waals surface area contributed by atoms with E-state index in [0.29, 0.717) is 44.8 Å². The second kappa shape index (κ2) is 9.16. The fraction of sp³-hybridized carbons (Fsp3) is 0.333. The van der Waals surface area contributed by atoms with Gasteiger partial charge < -0.3 is 15.1 Å². The van der Waals surface area contributed by atoms with Crippen molar-refractivity contribution in [1.82, 2.24) is 10.2 Å². The number of anilines is 1. The lowest BCUT2D eigenvalue weighted by Crippen LogP contribution is -2.49. The van der Waals surface area contributed by atoms with Gasteiger partial charge in [0.05, 0.1) is 12.1 Å². The summed E-state index contributed by atoms with van der Waals surface area (Å²) >= 11 is 0. The molecule has 2 aromatic carbocycles. The predicted octanol–water partition coefficient (Wildman–Crippen LogP) is 2.22. The lowest BCUT2D eigenvalue weighted by molar-refractivity contribution is -0.131. The van der Waals surface area contributed by atoms with Crippen LogP contribution in [0.5, 0.6) is 0 Å². The van der Waals surface area contributed by atoms with Gasteiger partial charge in [0.15, 0.2) is 0 Å². The largest absolute Gasteiger partial charge is 0.366 e. The third kappa shape index (κ3) is 5.29. The molecule has 0 spiro atoms. The van der Waals surface area contributed by atoms with E-state index < -0.39 is 0 Å². The Morgan fingerprint density at radius 3 is 2.30 bits per heavy atom. The molecule has 1 N–H and O–H groups in total. The first kappa shape index (κ1) is 18.9. The number of carbonyl (C=O) groups excluding carboxylic acids is 2. The van der Waals surface area contributed by atoms with Crippen molar-refractivity contribution in [3.63, 3.8) is 0 Å². The highest BCUT2D eigenvalue weighted by Crippen LogP contribution is 2.20. The van der Waals surface area contributed by atoms with Gasteiger partial charge in [0.1, 0.15) is 5.82 Å². The van der Waals surface area contributed by atoms with Crippen molar-refractivity contribution < 1.29 is 14.0 Å². The summed E-state index contributed by atoms with van der Waals surface area (Å²) in [7, 11) is 0. The number of nitrogens with one attached hydrogen (secondary N) is 1. The standard InChI is InChI=1S/C21H24FN3O2/c22-18-8-4-5-9-19(18)24-12-14-25(15-13-24)21(27)10-11-23-20(26)16-17-6-2-1-3-7-17/h1-9H,10-16H2,(H,23,26). The molecule has 1 aliphatic heterocycles. The van der Waals surface area contributed by atoms with Crippen molar-refractivity contribution in [2.24, 2.45) is 0 Å². The third-order valence-corrected chi connectivity index (χ3v) is 4.69. The highest BCUT2D eigenvalue weighted by molar-refractivity contribution is 5.80. The van der Waals surface area contributed by atoms with Crippen LogP contribution in [0.2, 0.25) is 0 Å². The smallest absolute Gasteiger partial charge is 0.224 e. The third-order valence-electron chi connectivity index (χ3n) is 4.69. The number of amides is 2. The van der Waals surface area contributed by atoms with Crippen molar-refractivity contribution >= 4 is 17.5 Å². The molecule has 5 nitrogen and oxygen atoms in total. The molecule has 0 unspecified atom stereocenters. The second-order valence-electron chi connectivity index (χ2n) is 6.58. The van der Waals surface area contributed by atoms with Gasteiger partial charge in [-0.1, -0.05) is 42.5 Å². The van der Waals surface area contributed by atoms with Crippen LogP contribution in [0, 0.1) is 5.82 Å². The van der Waals surface area contributed by atoms with Crippen LogP contribution in [-0.4, -0.2) is 49.4 Å². The zero-order valence-corrected chi connectivity index (χ0v) is 15.2. The minimum absolute atomic E-state index is 0.0168. The van der Waals surface area contributed by atoms with Gasteiger partial charge in [-0.15, -0.1) is 0 Å². The van der Waals surface area contributed by atoms with Crippen LogP contribution in [0.25, 0.3) is 0 Å². The topological polar surface area (TPSA) is 52.7 Å². The van der Waals surface area contributed by atoms with Crippen molar-refractivity contribution in [2.45, 2.75) is 12.8 Å². The minimum Gasteiger partial charge on any atom is -0.366 e. The molecule has 1 saturated heterocycles. The average Bonchev–Trinajstić information content (AvgIpc) is 2.69. The molecule has 2 aromatic rings. The van der Waals surface area contributed by atoms with Gasteiger partial charge in [-0.2, -0.15) is 0 Å². The summed E-state index contributed by atoms with van der Waals surface area (Å²) in [5.41, 5.74) is 1.53. The van der Waals surface area contributed by atoms with Gasteiger partial charge in [0.25, 0.3) is 0 Å². The molecule has 27 heavy (non-hydrogen) atoms. The number of carbonyl (C=O) groups is 2. The lowest BCUT2D eigenvalue weighted by atomic mass is 10.1. The number of rotatable bonds is 6. The molecule has 0 bridgehead atoms. The first-order valence-corrected chi connectivity index (χ1v) is 9.21. The Morgan fingerprint density at radius 1 is 0.926 bits per heavy atom. The fourth-order valence-electron chi connectivity index (χ4n) is 3.22. The molecular formula is C21H24FN3O2. The monoisotopic (exact) mass is 369 g/mol. The lowest BCUT2D eigenvalue weighted by Gasteiger charge is -2.36. The summed E-state index contributed by atoms with van der Waals surface area (Å²) in [6.07, 6.45) is 0.594. The zero-order valence-electron chi connectivity index (χ0n) is 15.2. The Hall–Kier alpha value is -2.89. The maximum atomic E-state index is 13.9. The van der Waals surface area contributed by atoms with E-state index in [9.17, 15) is 14.0 Å². The second-order valence-corrected chi connectivity index (χ2v) is 6.58. The molecule has 0 atom stereocenters. The van der Waals surface area contributed by atoms with Gasteiger partial charge in [0.2, 0.25) is 11.8 Å². The molecule has 0 saturated carbocycles. The van der Waals surface area contributed by atoms with E-state index in [-0.39, 0.29) is 24.1 Å². The number of halogens is 1. The van der Waals surface area contributed by atoms with Gasteiger partial charge in [0, 0.05) is 39.1 Å². The molecule has 1 heterocycles. The summed E-state index contributed by atoms with van der Waals surface area (Å²) < 4.78 is 13.9. The van der Waals surface area contributed by atoms with Crippen LogP contribution in [0.1, 0.15) is 12.0 Å². The van der Waals surface area contributed by atoms with E-state index in [1.807, 2.05) is 41.3 Å². The van der Waals surface area contributed by atoms with Crippen molar-refractivity contribution in [3.05, 3.63) is 66.0 Å². The van der Waals surface area contributed by atoms with Crippen molar-refractivity contribution in [3.8, 4) is 0 Å². The summed E-state index contributed by atoms with van der Waals surface area (Å²) in [4.78, 5) is 28.0. The quantitative estimate of drug-likeness (QED) is 0.850. The normalized spacial score (nSPS) is 14.1. The Morgan fingerprint density at radius 2 is 1.59 bits per heavy atom. The SMILES string of the molecule is O=C(Cc1ccccc1)NCCC(=O)N1CCN(c2ccccc2F)CC1. The average molecular weight is 369 g/mol. The highest BCUT2D eigenvalue weighted by atomic mass is 19.1. The van der Waals surface area contributed by atoms with Crippen LogP contribution >= 0.6 is 0 Å². The fourth-order valence-corrected chi connectivity index (χ4v) is 3.22.